The summed E-state index contributed by atoms with van der Waals surface area (Å²) in [7, 11) is 0. The lowest BCUT2D eigenvalue weighted by Crippen LogP contribution is -2.28. The largest absolute Gasteiger partial charge is 0.346 e. The molecule has 1 aliphatic heterocycles. The molecule has 0 saturated carbocycles. The number of hydrogen-bond donors (Lipinski definition) is 1. The molecular formula is C20H22N2O2. The van der Waals surface area contributed by atoms with E-state index in [1.54, 1.807) is 17.0 Å². The van der Waals surface area contributed by atoms with Gasteiger partial charge in [-0.15, -0.1) is 0 Å². The molecule has 4 nitrogen and oxygen atoms in total. The maximum absolute atomic E-state index is 12.6. The minimum atomic E-state index is -0.126. The summed E-state index contributed by atoms with van der Waals surface area (Å²) < 4.78 is 0. The third-order valence-corrected chi connectivity index (χ3v) is 4.50. The SMILES string of the molecule is Cc1ccccc1[C@@H](C)NC(=O)c1cccc(N2CCCC2=O)c1. The topological polar surface area (TPSA) is 49.4 Å². The van der Waals surface area contributed by atoms with E-state index < -0.39 is 0 Å². The van der Waals surface area contributed by atoms with Crippen LogP contribution >= 0.6 is 0 Å². The van der Waals surface area contributed by atoms with Crippen LogP contribution in [0.5, 0.6) is 0 Å². The normalized spacial score (nSPS) is 15.4. The van der Waals surface area contributed by atoms with Gasteiger partial charge in [0.25, 0.3) is 5.91 Å². The number of nitrogens with one attached hydrogen (secondary N) is 1. The van der Waals surface area contributed by atoms with E-state index in [1.807, 2.05) is 50.2 Å². The molecular weight excluding hydrogens is 300 g/mol. The first-order valence-electron chi connectivity index (χ1n) is 8.33. The first-order valence-corrected chi connectivity index (χ1v) is 8.33. The van der Waals surface area contributed by atoms with Crippen LogP contribution in [0.2, 0.25) is 0 Å². The van der Waals surface area contributed by atoms with Crippen LogP contribution in [-0.4, -0.2) is 18.4 Å². The number of hydrogen-bond acceptors (Lipinski definition) is 2. The highest BCUT2D eigenvalue weighted by Crippen LogP contribution is 2.23. The molecule has 0 unspecified atom stereocenters. The zero-order valence-electron chi connectivity index (χ0n) is 14.1. The Morgan fingerprint density at radius 1 is 1.17 bits per heavy atom. The fourth-order valence-electron chi connectivity index (χ4n) is 3.17. The second kappa shape index (κ2) is 6.87. The molecule has 0 aromatic heterocycles. The van der Waals surface area contributed by atoms with Crippen molar-refractivity contribution in [1.82, 2.24) is 5.32 Å². The molecule has 124 valence electrons. The summed E-state index contributed by atoms with van der Waals surface area (Å²) in [6, 6.07) is 15.2. The summed E-state index contributed by atoms with van der Waals surface area (Å²) >= 11 is 0. The Bertz CT molecular complexity index is 770. The summed E-state index contributed by atoms with van der Waals surface area (Å²) in [4.78, 5) is 26.2. The standard InChI is InChI=1S/C20H22N2O2/c1-14-7-3-4-10-18(14)15(2)21-20(24)16-8-5-9-17(13-16)22-12-6-11-19(22)23/h3-5,7-10,13,15H,6,11-12H2,1-2H3,(H,21,24)/t15-/m1/s1. The Kier molecular flexibility index (Phi) is 4.65. The molecule has 2 aromatic rings. The second-order valence-electron chi connectivity index (χ2n) is 6.25. The number of amides is 2. The van der Waals surface area contributed by atoms with Gasteiger partial charge in [-0.2, -0.15) is 0 Å². The van der Waals surface area contributed by atoms with Crippen LogP contribution in [0.15, 0.2) is 48.5 Å². The van der Waals surface area contributed by atoms with Crippen molar-refractivity contribution in [2.24, 2.45) is 0 Å². The van der Waals surface area contributed by atoms with Gasteiger partial charge in [-0.05, 0) is 49.6 Å². The Balaban J connectivity index is 1.76. The molecule has 0 spiro atoms. The van der Waals surface area contributed by atoms with E-state index in [4.69, 9.17) is 0 Å². The fraction of sp³-hybridized carbons (Fsp3) is 0.300. The zero-order valence-corrected chi connectivity index (χ0v) is 14.1. The number of carbonyl (C=O) groups excluding carboxylic acids is 2. The highest BCUT2D eigenvalue weighted by molar-refractivity contribution is 5.99. The molecule has 1 atom stereocenters. The minimum absolute atomic E-state index is 0.0734. The Morgan fingerprint density at radius 2 is 1.96 bits per heavy atom. The van der Waals surface area contributed by atoms with Gasteiger partial charge in [-0.25, -0.2) is 0 Å². The molecule has 3 rings (SSSR count). The molecule has 1 saturated heterocycles. The highest BCUT2D eigenvalue weighted by atomic mass is 16.2. The third-order valence-electron chi connectivity index (χ3n) is 4.50. The smallest absolute Gasteiger partial charge is 0.251 e. The Hall–Kier alpha value is -2.62. The highest BCUT2D eigenvalue weighted by Gasteiger charge is 2.22. The average Bonchev–Trinajstić information content (AvgIpc) is 3.01. The molecule has 1 N–H and O–H groups in total. The van der Waals surface area contributed by atoms with E-state index in [2.05, 4.69) is 5.32 Å². The monoisotopic (exact) mass is 322 g/mol. The molecule has 0 radical (unpaired) electrons. The summed E-state index contributed by atoms with van der Waals surface area (Å²) in [5, 5.41) is 3.04. The van der Waals surface area contributed by atoms with Crippen LogP contribution in [0, 0.1) is 6.92 Å². The Labute approximate surface area is 142 Å². The first-order chi connectivity index (χ1) is 11.6. The van der Waals surface area contributed by atoms with Crippen molar-refractivity contribution in [3.8, 4) is 0 Å². The van der Waals surface area contributed by atoms with Crippen LogP contribution < -0.4 is 10.2 Å². The maximum Gasteiger partial charge on any atom is 0.251 e. The van der Waals surface area contributed by atoms with Crippen molar-refractivity contribution >= 4 is 17.5 Å². The number of rotatable bonds is 4. The van der Waals surface area contributed by atoms with E-state index in [9.17, 15) is 9.59 Å². The molecule has 0 bridgehead atoms. The molecule has 1 heterocycles. The van der Waals surface area contributed by atoms with Gasteiger partial charge in [0.2, 0.25) is 5.91 Å². The lowest BCUT2D eigenvalue weighted by atomic mass is 10.0. The molecule has 0 aliphatic carbocycles. The van der Waals surface area contributed by atoms with E-state index in [0.717, 1.165) is 29.8 Å². The molecule has 1 fully saturated rings. The first kappa shape index (κ1) is 16.2. The predicted molar refractivity (Wildman–Crippen MR) is 95.1 cm³/mol. The second-order valence-corrected chi connectivity index (χ2v) is 6.25. The lowest BCUT2D eigenvalue weighted by molar-refractivity contribution is -0.117. The van der Waals surface area contributed by atoms with Crippen LogP contribution in [0.3, 0.4) is 0 Å². The molecule has 1 aliphatic rings. The number of aryl methyl sites for hydroxylation is 1. The summed E-state index contributed by atoms with van der Waals surface area (Å²) in [6.45, 7) is 4.75. The van der Waals surface area contributed by atoms with Crippen LogP contribution in [0.4, 0.5) is 5.69 Å². The van der Waals surface area contributed by atoms with Gasteiger partial charge in [0.1, 0.15) is 0 Å². The molecule has 24 heavy (non-hydrogen) atoms. The maximum atomic E-state index is 12.6. The number of benzene rings is 2. The Morgan fingerprint density at radius 3 is 2.67 bits per heavy atom. The van der Waals surface area contributed by atoms with Gasteiger partial charge < -0.3 is 10.2 Å². The van der Waals surface area contributed by atoms with Gasteiger partial charge in [-0.1, -0.05) is 30.3 Å². The van der Waals surface area contributed by atoms with Crippen molar-refractivity contribution in [1.29, 1.82) is 0 Å². The fourth-order valence-corrected chi connectivity index (χ4v) is 3.17. The van der Waals surface area contributed by atoms with E-state index in [1.165, 1.54) is 0 Å². The zero-order chi connectivity index (χ0) is 17.1. The van der Waals surface area contributed by atoms with Gasteiger partial charge in [0.05, 0.1) is 6.04 Å². The van der Waals surface area contributed by atoms with E-state index in [0.29, 0.717) is 12.0 Å². The van der Waals surface area contributed by atoms with Gasteiger partial charge in [-0.3, -0.25) is 9.59 Å². The van der Waals surface area contributed by atoms with Crippen molar-refractivity contribution < 1.29 is 9.59 Å². The van der Waals surface area contributed by atoms with Crippen LogP contribution in [0.25, 0.3) is 0 Å². The minimum Gasteiger partial charge on any atom is -0.346 e. The van der Waals surface area contributed by atoms with Crippen LogP contribution in [-0.2, 0) is 4.79 Å². The summed E-state index contributed by atoms with van der Waals surface area (Å²) in [5.74, 6) is 0.0000792. The lowest BCUT2D eigenvalue weighted by Gasteiger charge is -2.19. The van der Waals surface area contributed by atoms with Crippen molar-refractivity contribution in [3.05, 3.63) is 65.2 Å². The predicted octanol–water partition coefficient (Wildman–Crippen LogP) is 3.61. The average molecular weight is 322 g/mol. The molecule has 2 aromatic carbocycles. The number of carbonyl (C=O) groups is 2. The quantitative estimate of drug-likeness (QED) is 0.935. The summed E-state index contributed by atoms with van der Waals surface area (Å²) in [6.07, 6.45) is 1.46. The number of anilines is 1. The number of nitrogens with zero attached hydrogens (tertiary/aromatic N) is 1. The molecule has 4 heteroatoms. The van der Waals surface area contributed by atoms with Crippen molar-refractivity contribution in [2.75, 3.05) is 11.4 Å². The van der Waals surface area contributed by atoms with Gasteiger partial charge in [0, 0.05) is 24.2 Å². The van der Waals surface area contributed by atoms with Crippen LogP contribution in [0.1, 0.15) is 47.3 Å². The van der Waals surface area contributed by atoms with Crippen molar-refractivity contribution in [3.63, 3.8) is 0 Å². The van der Waals surface area contributed by atoms with Gasteiger partial charge in [0.15, 0.2) is 0 Å². The summed E-state index contributed by atoms with van der Waals surface area (Å²) in [5.41, 5.74) is 3.64. The van der Waals surface area contributed by atoms with E-state index in [-0.39, 0.29) is 17.9 Å². The molecule has 2 amide bonds. The van der Waals surface area contributed by atoms with Crippen molar-refractivity contribution in [2.45, 2.75) is 32.7 Å². The third kappa shape index (κ3) is 3.32. The van der Waals surface area contributed by atoms with E-state index >= 15 is 0 Å². The van der Waals surface area contributed by atoms with Gasteiger partial charge >= 0.3 is 0 Å².